The molecule has 0 unspecified atom stereocenters. The third-order valence-electron chi connectivity index (χ3n) is 2.96. The molecule has 0 aromatic heterocycles. The van der Waals surface area contributed by atoms with E-state index in [2.05, 4.69) is 31.3 Å². The van der Waals surface area contributed by atoms with Crippen molar-refractivity contribution in [1.82, 2.24) is 0 Å². The van der Waals surface area contributed by atoms with Gasteiger partial charge in [-0.2, -0.15) is 0 Å². The molecular formula is C14H22N2O. The van der Waals surface area contributed by atoms with E-state index in [0.717, 1.165) is 30.9 Å². The van der Waals surface area contributed by atoms with Gasteiger partial charge in [-0.05, 0) is 30.9 Å². The lowest BCUT2D eigenvalue weighted by Gasteiger charge is -2.33. The van der Waals surface area contributed by atoms with Crippen LogP contribution in [0.3, 0.4) is 0 Å². The van der Waals surface area contributed by atoms with Gasteiger partial charge in [-0.25, -0.2) is 0 Å². The maximum Gasteiger partial charge on any atom is 0.121 e. The first-order valence-electron chi connectivity index (χ1n) is 6.38. The average Bonchev–Trinajstić information content (AvgIpc) is 2.25. The Kier molecular flexibility index (Phi) is 3.89. The smallest absolute Gasteiger partial charge is 0.121 e. The van der Waals surface area contributed by atoms with E-state index in [-0.39, 0.29) is 0 Å². The summed E-state index contributed by atoms with van der Waals surface area (Å²) in [6.07, 6.45) is 2.13. The first-order valence-corrected chi connectivity index (χ1v) is 6.38. The largest absolute Gasteiger partial charge is 0.493 e. The van der Waals surface area contributed by atoms with Crippen LogP contribution in [0.4, 0.5) is 5.69 Å². The highest BCUT2D eigenvalue weighted by Gasteiger charge is 2.25. The van der Waals surface area contributed by atoms with E-state index in [1.54, 1.807) is 0 Å². The van der Waals surface area contributed by atoms with Gasteiger partial charge < -0.3 is 15.8 Å². The van der Waals surface area contributed by atoms with Crippen LogP contribution in [0, 0.1) is 5.92 Å². The number of hydrogen-bond donors (Lipinski definition) is 2. The van der Waals surface area contributed by atoms with Gasteiger partial charge in [-0.15, -0.1) is 0 Å². The summed E-state index contributed by atoms with van der Waals surface area (Å²) >= 11 is 0. The SMILES string of the molecule is CC(C)COc1cccc(NC2CC(N)C2)c1. The predicted octanol–water partition coefficient (Wildman–Crippen LogP) is 2.62. The summed E-state index contributed by atoms with van der Waals surface area (Å²) < 4.78 is 5.70. The molecule has 1 aromatic carbocycles. The molecule has 0 bridgehead atoms. The molecule has 1 aromatic rings. The fraction of sp³-hybridized carbons (Fsp3) is 0.571. The zero-order valence-corrected chi connectivity index (χ0v) is 10.6. The molecule has 0 heterocycles. The van der Waals surface area contributed by atoms with Gasteiger partial charge >= 0.3 is 0 Å². The van der Waals surface area contributed by atoms with Gasteiger partial charge in [0.1, 0.15) is 5.75 Å². The minimum Gasteiger partial charge on any atom is -0.493 e. The Morgan fingerprint density at radius 2 is 2.18 bits per heavy atom. The minimum atomic E-state index is 0.382. The van der Waals surface area contributed by atoms with Crippen LogP contribution >= 0.6 is 0 Å². The van der Waals surface area contributed by atoms with Crippen LogP contribution in [0.2, 0.25) is 0 Å². The normalized spacial score (nSPS) is 23.3. The monoisotopic (exact) mass is 234 g/mol. The van der Waals surface area contributed by atoms with Crippen LogP contribution in [0.1, 0.15) is 26.7 Å². The molecule has 3 N–H and O–H groups in total. The number of hydrogen-bond acceptors (Lipinski definition) is 3. The Labute approximate surface area is 103 Å². The third-order valence-corrected chi connectivity index (χ3v) is 2.96. The zero-order chi connectivity index (χ0) is 12.3. The van der Waals surface area contributed by atoms with E-state index in [0.29, 0.717) is 18.0 Å². The van der Waals surface area contributed by atoms with Crippen molar-refractivity contribution >= 4 is 5.69 Å². The van der Waals surface area contributed by atoms with E-state index in [9.17, 15) is 0 Å². The zero-order valence-electron chi connectivity index (χ0n) is 10.6. The Hall–Kier alpha value is -1.22. The molecule has 0 aliphatic heterocycles. The number of benzene rings is 1. The van der Waals surface area contributed by atoms with Crippen molar-refractivity contribution in [2.45, 2.75) is 38.8 Å². The fourth-order valence-corrected chi connectivity index (χ4v) is 1.95. The molecule has 17 heavy (non-hydrogen) atoms. The summed E-state index contributed by atoms with van der Waals surface area (Å²) in [5.74, 6) is 1.49. The number of nitrogens with two attached hydrogens (primary N) is 1. The molecule has 0 saturated heterocycles. The lowest BCUT2D eigenvalue weighted by Crippen LogP contribution is -2.44. The van der Waals surface area contributed by atoms with Gasteiger partial charge in [0.05, 0.1) is 6.61 Å². The van der Waals surface area contributed by atoms with E-state index in [4.69, 9.17) is 10.5 Å². The summed E-state index contributed by atoms with van der Waals surface area (Å²) in [6, 6.07) is 9.08. The summed E-state index contributed by atoms with van der Waals surface area (Å²) in [6.45, 7) is 5.06. The highest BCUT2D eigenvalue weighted by Crippen LogP contribution is 2.25. The lowest BCUT2D eigenvalue weighted by atomic mass is 9.87. The molecule has 3 nitrogen and oxygen atoms in total. The van der Waals surface area contributed by atoms with E-state index in [1.807, 2.05) is 12.1 Å². The van der Waals surface area contributed by atoms with Crippen molar-refractivity contribution in [3.8, 4) is 5.75 Å². The molecular weight excluding hydrogens is 212 g/mol. The van der Waals surface area contributed by atoms with E-state index in [1.165, 1.54) is 0 Å². The van der Waals surface area contributed by atoms with Gasteiger partial charge in [0.25, 0.3) is 0 Å². The van der Waals surface area contributed by atoms with E-state index < -0.39 is 0 Å². The predicted molar refractivity (Wildman–Crippen MR) is 71.4 cm³/mol. The highest BCUT2D eigenvalue weighted by molar-refractivity contribution is 5.49. The third kappa shape index (κ3) is 3.63. The maximum absolute atomic E-state index is 5.77. The molecule has 0 spiro atoms. The molecule has 3 heteroatoms. The van der Waals surface area contributed by atoms with Crippen molar-refractivity contribution < 1.29 is 4.74 Å². The molecule has 94 valence electrons. The van der Waals surface area contributed by atoms with Gasteiger partial charge in [0, 0.05) is 23.8 Å². The molecule has 0 amide bonds. The lowest BCUT2D eigenvalue weighted by molar-refractivity contribution is 0.271. The summed E-state index contributed by atoms with van der Waals surface area (Å²) in [5.41, 5.74) is 6.90. The first-order chi connectivity index (χ1) is 8.13. The molecule has 1 aliphatic rings. The quantitative estimate of drug-likeness (QED) is 0.823. The number of nitrogens with one attached hydrogen (secondary N) is 1. The summed E-state index contributed by atoms with van der Waals surface area (Å²) in [5, 5.41) is 3.48. The second-order valence-corrected chi connectivity index (χ2v) is 5.31. The topological polar surface area (TPSA) is 47.3 Å². The molecule has 1 aliphatic carbocycles. The average molecular weight is 234 g/mol. The van der Waals surface area contributed by atoms with Gasteiger partial charge in [0.15, 0.2) is 0 Å². The fourth-order valence-electron chi connectivity index (χ4n) is 1.95. The first kappa shape index (κ1) is 12.2. The van der Waals surface area contributed by atoms with Crippen LogP contribution in [0.5, 0.6) is 5.75 Å². The van der Waals surface area contributed by atoms with Crippen molar-refractivity contribution in [2.75, 3.05) is 11.9 Å². The molecule has 2 rings (SSSR count). The summed E-state index contributed by atoms with van der Waals surface area (Å²) in [4.78, 5) is 0. The van der Waals surface area contributed by atoms with Crippen LogP contribution in [0.15, 0.2) is 24.3 Å². The van der Waals surface area contributed by atoms with Crippen LogP contribution in [-0.2, 0) is 0 Å². The van der Waals surface area contributed by atoms with E-state index >= 15 is 0 Å². The number of rotatable bonds is 5. The van der Waals surface area contributed by atoms with Crippen molar-refractivity contribution in [3.63, 3.8) is 0 Å². The molecule has 1 saturated carbocycles. The van der Waals surface area contributed by atoms with Gasteiger partial charge in [-0.3, -0.25) is 0 Å². The molecule has 0 atom stereocenters. The minimum absolute atomic E-state index is 0.382. The molecule has 0 radical (unpaired) electrons. The Morgan fingerprint density at radius 3 is 2.82 bits per heavy atom. The second kappa shape index (κ2) is 5.41. The Morgan fingerprint density at radius 1 is 1.41 bits per heavy atom. The number of ether oxygens (including phenoxy) is 1. The summed E-state index contributed by atoms with van der Waals surface area (Å²) in [7, 11) is 0. The van der Waals surface area contributed by atoms with Crippen molar-refractivity contribution in [3.05, 3.63) is 24.3 Å². The van der Waals surface area contributed by atoms with Crippen LogP contribution < -0.4 is 15.8 Å². The van der Waals surface area contributed by atoms with Crippen molar-refractivity contribution in [2.24, 2.45) is 11.7 Å². The van der Waals surface area contributed by atoms with Crippen LogP contribution in [-0.4, -0.2) is 18.7 Å². The highest BCUT2D eigenvalue weighted by atomic mass is 16.5. The maximum atomic E-state index is 5.77. The Balaban J connectivity index is 1.87. The Bertz CT molecular complexity index is 359. The van der Waals surface area contributed by atoms with Crippen LogP contribution in [0.25, 0.3) is 0 Å². The standard InChI is InChI=1S/C14H22N2O/c1-10(2)9-17-14-5-3-4-12(8-14)16-13-6-11(15)7-13/h3-5,8,10-11,13,16H,6-7,9,15H2,1-2H3. The van der Waals surface area contributed by atoms with Crippen molar-refractivity contribution in [1.29, 1.82) is 0 Å². The second-order valence-electron chi connectivity index (χ2n) is 5.31. The van der Waals surface area contributed by atoms with Gasteiger partial charge in [0.2, 0.25) is 0 Å². The van der Waals surface area contributed by atoms with Gasteiger partial charge in [-0.1, -0.05) is 19.9 Å². The number of anilines is 1. The molecule has 1 fully saturated rings.